The fourth-order valence-electron chi connectivity index (χ4n) is 2.65. The number of ether oxygens (including phenoxy) is 1. The molecule has 1 N–H and O–H groups in total. The Balaban J connectivity index is 2.09. The van der Waals surface area contributed by atoms with Crippen LogP contribution in [0, 0.1) is 11.3 Å². The summed E-state index contributed by atoms with van der Waals surface area (Å²) >= 11 is 0. The first-order valence-corrected chi connectivity index (χ1v) is 7.23. The van der Waals surface area contributed by atoms with Crippen molar-refractivity contribution in [2.75, 3.05) is 43.1 Å². The van der Waals surface area contributed by atoms with Crippen molar-refractivity contribution >= 4 is 22.3 Å². The van der Waals surface area contributed by atoms with Crippen molar-refractivity contribution in [3.8, 4) is 6.07 Å². The molecule has 0 saturated carbocycles. The van der Waals surface area contributed by atoms with Crippen molar-refractivity contribution in [3.63, 3.8) is 0 Å². The van der Waals surface area contributed by atoms with E-state index in [9.17, 15) is 5.26 Å². The van der Waals surface area contributed by atoms with Crippen LogP contribution in [0.1, 0.15) is 12.5 Å². The van der Waals surface area contributed by atoms with E-state index in [-0.39, 0.29) is 0 Å². The average Bonchev–Trinajstić information content (AvgIpc) is 2.56. The average molecular weight is 282 g/mol. The fraction of sp³-hybridized carbons (Fsp3) is 0.375. The van der Waals surface area contributed by atoms with E-state index >= 15 is 0 Å². The highest BCUT2D eigenvalue weighted by atomic mass is 16.5. The topological polar surface area (TPSA) is 61.2 Å². The molecule has 1 aromatic heterocycles. The summed E-state index contributed by atoms with van der Waals surface area (Å²) in [6.45, 7) is 6.11. The van der Waals surface area contributed by atoms with E-state index in [1.807, 2.05) is 13.0 Å². The quantitative estimate of drug-likeness (QED) is 0.936. The second kappa shape index (κ2) is 5.98. The van der Waals surface area contributed by atoms with Gasteiger partial charge in [0.1, 0.15) is 6.07 Å². The third kappa shape index (κ3) is 2.63. The molecule has 1 aromatic carbocycles. The Morgan fingerprint density at radius 3 is 2.90 bits per heavy atom. The van der Waals surface area contributed by atoms with Crippen molar-refractivity contribution in [2.45, 2.75) is 6.92 Å². The molecule has 0 radical (unpaired) electrons. The minimum Gasteiger partial charge on any atom is -0.384 e. The zero-order valence-electron chi connectivity index (χ0n) is 12.1. The van der Waals surface area contributed by atoms with E-state index in [2.05, 4.69) is 33.4 Å². The van der Waals surface area contributed by atoms with Crippen molar-refractivity contribution in [2.24, 2.45) is 0 Å². The van der Waals surface area contributed by atoms with Crippen LogP contribution >= 0.6 is 0 Å². The largest absolute Gasteiger partial charge is 0.384 e. The van der Waals surface area contributed by atoms with Gasteiger partial charge < -0.3 is 15.0 Å². The fourth-order valence-corrected chi connectivity index (χ4v) is 2.65. The normalized spacial score (nSPS) is 15.0. The minimum absolute atomic E-state index is 0.587. The van der Waals surface area contributed by atoms with Crippen molar-refractivity contribution in [1.82, 2.24) is 4.98 Å². The first-order valence-electron chi connectivity index (χ1n) is 7.23. The first kappa shape index (κ1) is 13.7. The van der Waals surface area contributed by atoms with Gasteiger partial charge in [0.15, 0.2) is 0 Å². The number of nitriles is 1. The number of pyridine rings is 1. The van der Waals surface area contributed by atoms with Gasteiger partial charge in [-0.1, -0.05) is 0 Å². The SMILES string of the molecule is CCNc1c(C#N)cnc2ccc(N3CCOCC3)cc12. The van der Waals surface area contributed by atoms with Crippen molar-refractivity contribution in [3.05, 3.63) is 30.0 Å². The molecule has 5 heteroatoms. The van der Waals surface area contributed by atoms with Crippen LogP contribution in [0.15, 0.2) is 24.4 Å². The highest BCUT2D eigenvalue weighted by Gasteiger charge is 2.14. The standard InChI is InChI=1S/C16H18N4O/c1-2-18-16-12(10-17)11-19-15-4-3-13(9-14(15)16)20-5-7-21-8-6-20/h3-4,9,11H,2,5-8H2,1H3,(H,18,19). The predicted molar refractivity (Wildman–Crippen MR) is 83.7 cm³/mol. The number of fused-ring (bicyclic) bond motifs is 1. The Morgan fingerprint density at radius 1 is 1.38 bits per heavy atom. The van der Waals surface area contributed by atoms with Gasteiger partial charge in [0.25, 0.3) is 0 Å². The predicted octanol–water partition coefficient (Wildman–Crippen LogP) is 2.37. The maximum atomic E-state index is 9.27. The summed E-state index contributed by atoms with van der Waals surface area (Å²) in [6, 6.07) is 8.43. The van der Waals surface area contributed by atoms with Crippen molar-refractivity contribution < 1.29 is 4.74 Å². The molecule has 0 atom stereocenters. The molecular weight excluding hydrogens is 264 g/mol. The van der Waals surface area contributed by atoms with Crippen molar-refractivity contribution in [1.29, 1.82) is 5.26 Å². The van der Waals surface area contributed by atoms with Gasteiger partial charge in [-0.15, -0.1) is 0 Å². The highest BCUT2D eigenvalue weighted by molar-refractivity contribution is 5.96. The summed E-state index contributed by atoms with van der Waals surface area (Å²) in [7, 11) is 0. The summed E-state index contributed by atoms with van der Waals surface area (Å²) in [5.41, 5.74) is 3.52. The number of nitrogens with zero attached hydrogens (tertiary/aromatic N) is 3. The van der Waals surface area contributed by atoms with Crippen LogP contribution in [0.3, 0.4) is 0 Å². The summed E-state index contributed by atoms with van der Waals surface area (Å²) in [5, 5.41) is 13.6. The summed E-state index contributed by atoms with van der Waals surface area (Å²) in [5.74, 6) is 0. The molecule has 0 aliphatic carbocycles. The number of morpholine rings is 1. The number of nitrogens with one attached hydrogen (secondary N) is 1. The lowest BCUT2D eigenvalue weighted by atomic mass is 10.1. The zero-order valence-corrected chi connectivity index (χ0v) is 12.1. The van der Waals surface area contributed by atoms with E-state index in [1.165, 1.54) is 0 Å². The third-order valence-corrected chi connectivity index (χ3v) is 3.70. The van der Waals surface area contributed by atoms with Gasteiger partial charge in [-0.2, -0.15) is 5.26 Å². The van der Waals surface area contributed by atoms with Gasteiger partial charge in [-0.25, -0.2) is 0 Å². The lowest BCUT2D eigenvalue weighted by Crippen LogP contribution is -2.36. The molecule has 1 aliphatic heterocycles. The Kier molecular flexibility index (Phi) is 3.89. The molecule has 2 aromatic rings. The molecule has 1 fully saturated rings. The molecular formula is C16H18N4O. The first-order chi connectivity index (χ1) is 10.3. The van der Waals surface area contributed by atoms with Crippen LogP contribution in [0.2, 0.25) is 0 Å². The molecule has 0 unspecified atom stereocenters. The Hall–Kier alpha value is -2.32. The van der Waals surface area contributed by atoms with E-state index in [0.29, 0.717) is 5.56 Å². The number of hydrogen-bond acceptors (Lipinski definition) is 5. The zero-order chi connectivity index (χ0) is 14.7. The van der Waals surface area contributed by atoms with Gasteiger partial charge in [0, 0.05) is 36.9 Å². The van der Waals surface area contributed by atoms with E-state index < -0.39 is 0 Å². The van der Waals surface area contributed by atoms with Crippen LogP contribution < -0.4 is 10.2 Å². The second-order valence-corrected chi connectivity index (χ2v) is 4.99. The van der Waals surface area contributed by atoms with Gasteiger partial charge >= 0.3 is 0 Å². The lowest BCUT2D eigenvalue weighted by molar-refractivity contribution is 0.122. The summed E-state index contributed by atoms with van der Waals surface area (Å²) < 4.78 is 5.40. The number of rotatable bonds is 3. The van der Waals surface area contributed by atoms with Crippen LogP contribution in [0.4, 0.5) is 11.4 Å². The number of anilines is 2. The summed E-state index contributed by atoms with van der Waals surface area (Å²) in [6.07, 6.45) is 1.63. The molecule has 0 amide bonds. The molecule has 1 aliphatic rings. The summed E-state index contributed by atoms with van der Waals surface area (Å²) in [4.78, 5) is 6.68. The molecule has 2 heterocycles. The number of aromatic nitrogens is 1. The number of benzene rings is 1. The van der Waals surface area contributed by atoms with Crippen LogP contribution in [-0.2, 0) is 4.74 Å². The smallest absolute Gasteiger partial charge is 0.103 e. The second-order valence-electron chi connectivity index (χ2n) is 4.99. The Bertz CT molecular complexity index is 686. The van der Waals surface area contributed by atoms with Gasteiger partial charge in [-0.05, 0) is 25.1 Å². The van der Waals surface area contributed by atoms with Crippen LogP contribution in [0.5, 0.6) is 0 Å². The van der Waals surface area contributed by atoms with Crippen LogP contribution in [-0.4, -0.2) is 37.8 Å². The van der Waals surface area contributed by atoms with E-state index in [4.69, 9.17) is 4.74 Å². The molecule has 0 spiro atoms. The van der Waals surface area contributed by atoms with Gasteiger partial charge in [-0.3, -0.25) is 4.98 Å². The molecule has 3 rings (SSSR count). The highest BCUT2D eigenvalue weighted by Crippen LogP contribution is 2.29. The van der Waals surface area contributed by atoms with Gasteiger partial charge in [0.05, 0.1) is 30.0 Å². The molecule has 1 saturated heterocycles. The molecule has 108 valence electrons. The van der Waals surface area contributed by atoms with Crippen LogP contribution in [0.25, 0.3) is 10.9 Å². The molecule has 0 bridgehead atoms. The number of hydrogen-bond donors (Lipinski definition) is 1. The Labute approximate surface area is 124 Å². The lowest BCUT2D eigenvalue weighted by Gasteiger charge is -2.29. The minimum atomic E-state index is 0.587. The third-order valence-electron chi connectivity index (χ3n) is 3.70. The monoisotopic (exact) mass is 282 g/mol. The van der Waals surface area contributed by atoms with E-state index in [0.717, 1.165) is 55.1 Å². The Morgan fingerprint density at radius 2 is 2.19 bits per heavy atom. The molecule has 21 heavy (non-hydrogen) atoms. The maximum Gasteiger partial charge on any atom is 0.103 e. The van der Waals surface area contributed by atoms with Gasteiger partial charge in [0.2, 0.25) is 0 Å². The van der Waals surface area contributed by atoms with E-state index in [1.54, 1.807) is 6.20 Å². The molecule has 5 nitrogen and oxygen atoms in total. The maximum absolute atomic E-state index is 9.27.